The van der Waals surface area contributed by atoms with E-state index in [0.29, 0.717) is 17.3 Å². The minimum atomic E-state index is 0.373. The van der Waals surface area contributed by atoms with Crippen molar-refractivity contribution >= 4 is 32.7 Å². The zero-order valence-corrected chi connectivity index (χ0v) is 11.9. The Labute approximate surface area is 114 Å². The van der Waals surface area contributed by atoms with Crippen LogP contribution < -0.4 is 5.73 Å². The number of hydrogen-bond donors (Lipinski definition) is 1. The molecule has 2 nitrogen and oxygen atoms in total. The summed E-state index contributed by atoms with van der Waals surface area (Å²) in [5.74, 6) is 0. The highest BCUT2D eigenvalue weighted by Gasteiger charge is 2.35. The Kier molecular flexibility index (Phi) is 3.28. The van der Waals surface area contributed by atoms with Gasteiger partial charge in [-0.2, -0.15) is 0 Å². The normalized spacial score (nSPS) is 32.1. The maximum atomic E-state index is 6.03. The highest BCUT2D eigenvalue weighted by atomic mass is 79.9. The second-order valence-electron chi connectivity index (χ2n) is 4.71. The molecule has 0 spiro atoms. The van der Waals surface area contributed by atoms with E-state index in [2.05, 4.69) is 34.1 Å². The summed E-state index contributed by atoms with van der Waals surface area (Å²) in [6, 6.07) is 9.17. The Balaban J connectivity index is 1.85. The van der Waals surface area contributed by atoms with Crippen molar-refractivity contribution in [1.82, 2.24) is 0 Å². The summed E-state index contributed by atoms with van der Waals surface area (Å²) in [5.41, 5.74) is 7.25. The lowest BCUT2D eigenvalue weighted by atomic mass is 9.92. The average Bonchev–Trinajstić information content (AvgIpc) is 2.72. The summed E-state index contributed by atoms with van der Waals surface area (Å²) in [7, 11) is 0. The first-order valence-corrected chi connectivity index (χ1v) is 7.66. The maximum Gasteiger partial charge on any atom is 0.0995 e. The molecule has 4 heteroatoms. The molecule has 1 saturated carbocycles. The van der Waals surface area contributed by atoms with Crippen molar-refractivity contribution in [2.45, 2.75) is 36.6 Å². The number of nitrogens with two attached hydrogens (primary N) is 1. The van der Waals surface area contributed by atoms with Crippen LogP contribution in [-0.2, 0) is 0 Å². The van der Waals surface area contributed by atoms with Gasteiger partial charge in [0.1, 0.15) is 0 Å². The summed E-state index contributed by atoms with van der Waals surface area (Å²) < 4.78 is 1.13. The van der Waals surface area contributed by atoms with Gasteiger partial charge in [0.25, 0.3) is 0 Å². The number of aliphatic imine (C=N–C) groups is 1. The van der Waals surface area contributed by atoms with E-state index in [-0.39, 0.29) is 0 Å². The number of nitrogens with zero attached hydrogens (tertiary/aromatic N) is 1. The third kappa shape index (κ3) is 2.30. The van der Waals surface area contributed by atoms with Gasteiger partial charge in [-0.1, -0.05) is 34.1 Å². The van der Waals surface area contributed by atoms with Gasteiger partial charge in [0, 0.05) is 21.3 Å². The van der Waals surface area contributed by atoms with Crippen molar-refractivity contribution in [3.05, 3.63) is 34.3 Å². The summed E-state index contributed by atoms with van der Waals surface area (Å²) in [6.45, 7) is 0. The molecule has 0 radical (unpaired) electrons. The molecule has 3 atom stereocenters. The average molecular weight is 311 g/mol. The number of thioether (sulfide) groups is 1. The molecular weight excluding hydrogens is 296 g/mol. The predicted octanol–water partition coefficient (Wildman–Crippen LogP) is 3.19. The molecule has 1 fully saturated rings. The molecular formula is C13H15BrN2S. The van der Waals surface area contributed by atoms with E-state index in [1.165, 1.54) is 10.6 Å². The maximum absolute atomic E-state index is 6.03. The number of fused-ring (bicyclic) bond motifs is 1. The quantitative estimate of drug-likeness (QED) is 0.865. The lowest BCUT2D eigenvalue weighted by Gasteiger charge is -2.27. The fraction of sp³-hybridized carbons (Fsp3) is 0.462. The number of hydrogen-bond acceptors (Lipinski definition) is 3. The summed E-state index contributed by atoms with van der Waals surface area (Å²) >= 11 is 5.50. The van der Waals surface area contributed by atoms with Crippen LogP contribution in [0.2, 0.25) is 0 Å². The molecule has 3 rings (SSSR count). The monoisotopic (exact) mass is 310 g/mol. The van der Waals surface area contributed by atoms with Gasteiger partial charge in [0.05, 0.1) is 11.1 Å². The second kappa shape index (κ2) is 4.75. The summed E-state index contributed by atoms with van der Waals surface area (Å²) in [6.07, 6.45) is 3.37. The van der Waals surface area contributed by atoms with Gasteiger partial charge >= 0.3 is 0 Å². The molecule has 1 aromatic rings. The van der Waals surface area contributed by atoms with Gasteiger partial charge in [-0.15, -0.1) is 11.8 Å². The molecule has 3 unspecified atom stereocenters. The van der Waals surface area contributed by atoms with Gasteiger partial charge in [0.2, 0.25) is 0 Å². The minimum absolute atomic E-state index is 0.373. The van der Waals surface area contributed by atoms with E-state index >= 15 is 0 Å². The third-order valence-corrected chi connectivity index (χ3v) is 5.50. The minimum Gasteiger partial charge on any atom is -0.328 e. The molecule has 90 valence electrons. The molecule has 1 heterocycles. The highest BCUT2D eigenvalue weighted by Crippen LogP contribution is 2.39. The SMILES string of the molecule is NC1CCC2N=C(c3ccccc3Br)SC2C1. The second-order valence-corrected chi connectivity index (χ2v) is 6.79. The molecule has 0 saturated heterocycles. The van der Waals surface area contributed by atoms with Crippen LogP contribution in [0.3, 0.4) is 0 Å². The van der Waals surface area contributed by atoms with Crippen molar-refractivity contribution in [3.63, 3.8) is 0 Å². The van der Waals surface area contributed by atoms with Crippen LogP contribution in [0, 0.1) is 0 Å². The van der Waals surface area contributed by atoms with Gasteiger partial charge < -0.3 is 5.73 Å². The smallest absolute Gasteiger partial charge is 0.0995 e. The van der Waals surface area contributed by atoms with E-state index in [0.717, 1.165) is 23.7 Å². The van der Waals surface area contributed by atoms with Crippen molar-refractivity contribution in [3.8, 4) is 0 Å². The Morgan fingerprint density at radius 1 is 1.29 bits per heavy atom. The van der Waals surface area contributed by atoms with Gasteiger partial charge in [0.15, 0.2) is 0 Å². The van der Waals surface area contributed by atoms with Crippen LogP contribution >= 0.6 is 27.7 Å². The first-order valence-electron chi connectivity index (χ1n) is 5.99. The zero-order valence-electron chi connectivity index (χ0n) is 9.47. The molecule has 2 N–H and O–H groups in total. The molecule has 0 aromatic heterocycles. The van der Waals surface area contributed by atoms with Crippen LogP contribution in [0.4, 0.5) is 0 Å². The number of benzene rings is 1. The zero-order chi connectivity index (χ0) is 11.8. The van der Waals surface area contributed by atoms with Crippen LogP contribution in [0.15, 0.2) is 33.7 Å². The predicted molar refractivity (Wildman–Crippen MR) is 77.7 cm³/mol. The number of rotatable bonds is 1. The van der Waals surface area contributed by atoms with E-state index in [1.807, 2.05) is 17.8 Å². The van der Waals surface area contributed by atoms with Crippen molar-refractivity contribution in [2.75, 3.05) is 0 Å². The third-order valence-electron chi connectivity index (χ3n) is 3.45. The molecule has 1 aliphatic carbocycles. The first kappa shape index (κ1) is 11.8. The number of halogens is 1. The van der Waals surface area contributed by atoms with Crippen LogP contribution in [0.1, 0.15) is 24.8 Å². The molecule has 0 amide bonds. The van der Waals surface area contributed by atoms with Gasteiger partial charge in [-0.05, 0) is 25.3 Å². The fourth-order valence-electron chi connectivity index (χ4n) is 2.51. The van der Waals surface area contributed by atoms with Crippen molar-refractivity contribution in [2.24, 2.45) is 10.7 Å². The van der Waals surface area contributed by atoms with Crippen LogP contribution in [-0.4, -0.2) is 22.4 Å². The first-order chi connectivity index (χ1) is 8.24. The topological polar surface area (TPSA) is 38.4 Å². The summed E-state index contributed by atoms with van der Waals surface area (Å²) in [5, 5.41) is 1.78. The Hall–Kier alpha value is -0.320. The molecule has 17 heavy (non-hydrogen) atoms. The molecule has 0 bridgehead atoms. The van der Waals surface area contributed by atoms with Crippen molar-refractivity contribution in [1.29, 1.82) is 0 Å². The molecule has 1 aromatic carbocycles. The Bertz CT molecular complexity index is 460. The fourth-order valence-corrected chi connectivity index (χ4v) is 4.60. The van der Waals surface area contributed by atoms with Gasteiger partial charge in [-0.25, -0.2) is 0 Å². The standard InChI is InChI=1S/C13H15BrN2S/c14-10-4-2-1-3-9(10)13-16-11-6-5-8(15)7-12(11)17-13/h1-4,8,11-12H,5-7,15H2. The summed E-state index contributed by atoms with van der Waals surface area (Å²) in [4.78, 5) is 4.87. The lowest BCUT2D eigenvalue weighted by Crippen LogP contribution is -2.35. The van der Waals surface area contributed by atoms with Crippen LogP contribution in [0.25, 0.3) is 0 Å². The molecule has 2 aliphatic rings. The van der Waals surface area contributed by atoms with E-state index in [1.54, 1.807) is 0 Å². The Morgan fingerprint density at radius 2 is 2.12 bits per heavy atom. The largest absolute Gasteiger partial charge is 0.328 e. The van der Waals surface area contributed by atoms with E-state index in [4.69, 9.17) is 10.7 Å². The Morgan fingerprint density at radius 3 is 2.94 bits per heavy atom. The molecule has 1 aliphatic heterocycles. The lowest BCUT2D eigenvalue weighted by molar-refractivity contribution is 0.412. The van der Waals surface area contributed by atoms with Crippen LogP contribution in [0.5, 0.6) is 0 Å². The van der Waals surface area contributed by atoms with Gasteiger partial charge in [-0.3, -0.25) is 4.99 Å². The van der Waals surface area contributed by atoms with Crippen molar-refractivity contribution < 1.29 is 0 Å². The highest BCUT2D eigenvalue weighted by molar-refractivity contribution is 9.10. The van der Waals surface area contributed by atoms with E-state index < -0.39 is 0 Å². The van der Waals surface area contributed by atoms with E-state index in [9.17, 15) is 0 Å².